The molecule has 0 radical (unpaired) electrons. The van der Waals surface area contributed by atoms with E-state index in [1.54, 1.807) is 28.7 Å². The minimum atomic E-state index is -0.554. The Balaban J connectivity index is 2.02. The van der Waals surface area contributed by atoms with E-state index in [1.807, 2.05) is 0 Å². The van der Waals surface area contributed by atoms with E-state index < -0.39 is 12.0 Å². The number of aromatic nitrogens is 5. The molecule has 0 aliphatic heterocycles. The Labute approximate surface area is 126 Å². The minimum Gasteiger partial charge on any atom is -0.391 e. The molecule has 9 nitrogen and oxygen atoms in total. The first-order valence-electron chi connectivity index (χ1n) is 7.12. The van der Waals surface area contributed by atoms with Gasteiger partial charge in [-0.3, -0.25) is 9.48 Å². The van der Waals surface area contributed by atoms with Crippen molar-refractivity contribution in [2.24, 2.45) is 18.5 Å². The first-order chi connectivity index (χ1) is 10.5. The zero-order valence-corrected chi connectivity index (χ0v) is 12.3. The molecule has 0 bridgehead atoms. The van der Waals surface area contributed by atoms with Gasteiger partial charge in [0.15, 0.2) is 11.6 Å². The normalized spacial score (nSPS) is 24.8. The van der Waals surface area contributed by atoms with E-state index >= 15 is 0 Å². The minimum absolute atomic E-state index is 0.0194. The van der Waals surface area contributed by atoms with Crippen molar-refractivity contribution < 1.29 is 9.90 Å². The molecule has 1 fully saturated rings. The maximum atomic E-state index is 11.1. The Morgan fingerprint density at radius 2 is 2.27 bits per heavy atom. The third kappa shape index (κ3) is 2.60. The van der Waals surface area contributed by atoms with Crippen LogP contribution in [0.2, 0.25) is 0 Å². The average molecular weight is 305 g/mol. The molecule has 1 aliphatic rings. The Morgan fingerprint density at radius 1 is 1.50 bits per heavy atom. The van der Waals surface area contributed by atoms with Gasteiger partial charge in [-0.25, -0.2) is 4.98 Å². The summed E-state index contributed by atoms with van der Waals surface area (Å²) in [5.74, 6) is 1.25. The van der Waals surface area contributed by atoms with Gasteiger partial charge in [0.25, 0.3) is 0 Å². The summed E-state index contributed by atoms with van der Waals surface area (Å²) in [6, 6.07) is 1.53. The third-order valence-electron chi connectivity index (χ3n) is 3.96. The molecule has 118 valence electrons. The van der Waals surface area contributed by atoms with Crippen LogP contribution in [0.4, 0.5) is 0 Å². The number of nitrogens with zero attached hydrogens (tertiary/aromatic N) is 5. The van der Waals surface area contributed by atoms with Crippen LogP contribution in [-0.4, -0.2) is 47.7 Å². The fourth-order valence-electron chi connectivity index (χ4n) is 2.87. The van der Waals surface area contributed by atoms with Gasteiger partial charge in [0, 0.05) is 25.1 Å². The number of hydrogen-bond acceptors (Lipinski definition) is 6. The Kier molecular flexibility index (Phi) is 3.67. The number of carbonyl (C=O) groups excluding carboxylic acids is 1. The summed E-state index contributed by atoms with van der Waals surface area (Å²) in [7, 11) is 1.80. The number of aliphatic hydroxyl groups excluding tert-OH is 1. The third-order valence-corrected chi connectivity index (χ3v) is 3.96. The highest BCUT2D eigenvalue weighted by Crippen LogP contribution is 2.33. The molecule has 2 aromatic heterocycles. The molecule has 5 N–H and O–H groups in total. The van der Waals surface area contributed by atoms with Crippen LogP contribution in [0, 0.1) is 0 Å². The van der Waals surface area contributed by atoms with Gasteiger partial charge in [-0.2, -0.15) is 9.78 Å². The monoisotopic (exact) mass is 305 g/mol. The van der Waals surface area contributed by atoms with Gasteiger partial charge in [0.2, 0.25) is 5.91 Å². The van der Waals surface area contributed by atoms with Gasteiger partial charge in [0.05, 0.1) is 18.7 Å². The Bertz CT molecular complexity index is 682. The van der Waals surface area contributed by atoms with Crippen molar-refractivity contribution in [3.63, 3.8) is 0 Å². The molecule has 22 heavy (non-hydrogen) atoms. The van der Waals surface area contributed by atoms with Crippen LogP contribution in [0.25, 0.3) is 5.82 Å². The zero-order valence-electron chi connectivity index (χ0n) is 12.3. The number of hydrogen-bond donors (Lipinski definition) is 3. The molecule has 3 rings (SSSR count). The zero-order chi connectivity index (χ0) is 15.9. The van der Waals surface area contributed by atoms with Crippen LogP contribution in [0.3, 0.4) is 0 Å². The largest absolute Gasteiger partial charge is 0.391 e. The van der Waals surface area contributed by atoms with E-state index in [1.165, 1.54) is 0 Å². The molecule has 2 aromatic rings. The fourth-order valence-corrected chi connectivity index (χ4v) is 2.87. The lowest BCUT2D eigenvalue weighted by atomic mass is 10.1. The summed E-state index contributed by atoms with van der Waals surface area (Å²) in [5, 5.41) is 18.4. The first-order valence-corrected chi connectivity index (χ1v) is 7.12. The molecule has 2 heterocycles. The average Bonchev–Trinajstić information content (AvgIpc) is 3.10. The van der Waals surface area contributed by atoms with Crippen LogP contribution in [0.5, 0.6) is 0 Å². The second-order valence-corrected chi connectivity index (χ2v) is 5.65. The van der Waals surface area contributed by atoms with Crippen molar-refractivity contribution in [3.8, 4) is 5.82 Å². The van der Waals surface area contributed by atoms with Crippen LogP contribution in [0.15, 0.2) is 12.3 Å². The van der Waals surface area contributed by atoms with Crippen molar-refractivity contribution in [1.29, 1.82) is 0 Å². The van der Waals surface area contributed by atoms with Crippen LogP contribution in [-0.2, 0) is 18.3 Å². The van der Waals surface area contributed by atoms with Gasteiger partial charge >= 0.3 is 0 Å². The molecular weight excluding hydrogens is 286 g/mol. The van der Waals surface area contributed by atoms with Gasteiger partial charge in [-0.15, -0.1) is 5.10 Å². The Morgan fingerprint density at radius 3 is 2.82 bits per heavy atom. The van der Waals surface area contributed by atoms with Crippen molar-refractivity contribution in [3.05, 3.63) is 23.9 Å². The molecular formula is C13H19N7O2. The van der Waals surface area contributed by atoms with Crippen LogP contribution >= 0.6 is 0 Å². The number of aryl methyl sites for hydroxylation is 1. The molecule has 1 aliphatic carbocycles. The number of nitrogens with two attached hydrogens (primary N) is 2. The Hall–Kier alpha value is -2.26. The first kappa shape index (κ1) is 14.7. The maximum absolute atomic E-state index is 11.1. The molecule has 0 saturated heterocycles. The van der Waals surface area contributed by atoms with Gasteiger partial charge in [-0.05, 0) is 12.8 Å². The number of primary amides is 1. The summed E-state index contributed by atoms with van der Waals surface area (Å²) < 4.78 is 3.32. The number of rotatable bonds is 4. The lowest BCUT2D eigenvalue weighted by molar-refractivity contribution is -0.117. The van der Waals surface area contributed by atoms with Crippen molar-refractivity contribution >= 4 is 5.91 Å². The molecule has 1 saturated carbocycles. The number of carbonyl (C=O) groups is 1. The van der Waals surface area contributed by atoms with Crippen molar-refractivity contribution in [2.45, 2.75) is 37.3 Å². The highest BCUT2D eigenvalue weighted by Gasteiger charge is 2.35. The van der Waals surface area contributed by atoms with Gasteiger partial charge in [0.1, 0.15) is 5.82 Å². The second-order valence-electron chi connectivity index (χ2n) is 5.65. The molecule has 0 unspecified atom stereocenters. The molecule has 9 heteroatoms. The van der Waals surface area contributed by atoms with E-state index in [2.05, 4.69) is 15.2 Å². The maximum Gasteiger partial charge on any atom is 0.225 e. The fraction of sp³-hybridized carbons (Fsp3) is 0.538. The lowest BCUT2D eigenvalue weighted by Gasteiger charge is -2.10. The van der Waals surface area contributed by atoms with E-state index in [0.29, 0.717) is 24.5 Å². The van der Waals surface area contributed by atoms with Gasteiger partial charge < -0.3 is 16.6 Å². The smallest absolute Gasteiger partial charge is 0.225 e. The van der Waals surface area contributed by atoms with E-state index in [0.717, 1.165) is 5.82 Å². The summed E-state index contributed by atoms with van der Waals surface area (Å²) in [6.07, 6.45) is 2.21. The quantitative estimate of drug-likeness (QED) is 0.634. The standard InChI is InChI=1S/C13H19N7O2/c1-19-12(2-3-16-19)20-13(7-4-8(14)9(21)5-7)17-11(18-20)6-10(15)22/h2-3,7-9,21H,4-6,14H2,1H3,(H2,15,22)/t7-,8+,9+/m0/s1. The number of amides is 1. The number of aliphatic hydroxyl groups is 1. The van der Waals surface area contributed by atoms with Gasteiger partial charge in [-0.1, -0.05) is 0 Å². The topological polar surface area (TPSA) is 138 Å². The highest BCUT2D eigenvalue weighted by atomic mass is 16.3. The van der Waals surface area contributed by atoms with Crippen molar-refractivity contribution in [2.75, 3.05) is 0 Å². The predicted molar refractivity (Wildman–Crippen MR) is 77.0 cm³/mol. The summed E-state index contributed by atoms with van der Waals surface area (Å²) in [4.78, 5) is 15.6. The lowest BCUT2D eigenvalue weighted by Crippen LogP contribution is -2.28. The summed E-state index contributed by atoms with van der Waals surface area (Å²) >= 11 is 0. The molecule has 0 spiro atoms. The van der Waals surface area contributed by atoms with Crippen LogP contribution < -0.4 is 11.5 Å². The molecule has 3 atom stereocenters. The van der Waals surface area contributed by atoms with Crippen molar-refractivity contribution in [1.82, 2.24) is 24.5 Å². The van der Waals surface area contributed by atoms with E-state index in [9.17, 15) is 9.90 Å². The summed E-state index contributed by atoms with van der Waals surface area (Å²) in [5.41, 5.74) is 11.1. The van der Waals surface area contributed by atoms with E-state index in [-0.39, 0.29) is 18.4 Å². The summed E-state index contributed by atoms with van der Waals surface area (Å²) in [6.45, 7) is 0. The van der Waals surface area contributed by atoms with Crippen LogP contribution in [0.1, 0.15) is 30.4 Å². The van der Waals surface area contributed by atoms with E-state index in [4.69, 9.17) is 11.5 Å². The molecule has 1 amide bonds. The second kappa shape index (κ2) is 5.50. The SMILES string of the molecule is Cn1nccc1-n1nc(CC(N)=O)nc1[C@H]1C[C@@H](N)[C@H](O)C1. The predicted octanol–water partition coefficient (Wildman–Crippen LogP) is -1.41. The highest BCUT2D eigenvalue weighted by molar-refractivity contribution is 5.75. The molecule has 0 aromatic carbocycles.